The van der Waals surface area contributed by atoms with Crippen molar-refractivity contribution >= 4 is 22.6 Å². The molecule has 0 aliphatic heterocycles. The number of nitrogens with zero attached hydrogens (tertiary/aromatic N) is 4. The van der Waals surface area contributed by atoms with Gasteiger partial charge >= 0.3 is 0 Å². The Morgan fingerprint density at radius 1 is 1.00 bits per heavy atom. The van der Waals surface area contributed by atoms with E-state index in [4.69, 9.17) is 0 Å². The number of rotatable bonds is 6. The summed E-state index contributed by atoms with van der Waals surface area (Å²) in [7, 11) is 0. The first-order valence-electron chi connectivity index (χ1n) is 8.85. The van der Waals surface area contributed by atoms with Crippen molar-refractivity contribution in [2.45, 2.75) is 25.9 Å². The number of hydrogen-bond acceptors (Lipinski definition) is 4. The molecule has 27 heavy (non-hydrogen) atoms. The van der Waals surface area contributed by atoms with Crippen LogP contribution in [0.4, 0.5) is 0 Å². The highest BCUT2D eigenvalue weighted by atomic mass is 16.1. The van der Waals surface area contributed by atoms with Crippen LogP contribution in [-0.2, 0) is 17.9 Å². The van der Waals surface area contributed by atoms with Crippen molar-refractivity contribution in [3.8, 4) is 0 Å². The fourth-order valence-corrected chi connectivity index (χ4v) is 3.17. The molecule has 7 nitrogen and oxygen atoms in total. The smallest absolute Gasteiger partial charge is 0.276 e. The number of nitrogens with one attached hydrogen (secondary N) is 1. The maximum absolute atomic E-state index is 12.8. The highest BCUT2D eigenvalue weighted by molar-refractivity contribution is 5.76. The van der Waals surface area contributed by atoms with Gasteiger partial charge in [-0.25, -0.2) is 4.98 Å². The van der Waals surface area contributed by atoms with Gasteiger partial charge in [0.05, 0.1) is 17.8 Å². The topological polar surface area (TPSA) is 81.3 Å². The number of aryl methyl sites for hydroxylation is 1. The van der Waals surface area contributed by atoms with Gasteiger partial charge in [-0.2, -0.15) is 0 Å². The fourth-order valence-electron chi connectivity index (χ4n) is 3.17. The van der Waals surface area contributed by atoms with Crippen LogP contribution in [0.2, 0.25) is 0 Å². The van der Waals surface area contributed by atoms with Crippen LogP contribution < -0.4 is 10.9 Å². The van der Waals surface area contributed by atoms with Crippen LogP contribution in [0.15, 0.2) is 65.8 Å². The minimum atomic E-state index is -0.0971. The SMILES string of the molecule is O=C(CCCn1c(=O)c2cccn2c2cccnc21)NCc1ccccn1. The number of carbonyl (C=O) groups is 1. The van der Waals surface area contributed by atoms with Crippen LogP contribution in [0.1, 0.15) is 18.5 Å². The van der Waals surface area contributed by atoms with E-state index in [2.05, 4.69) is 15.3 Å². The van der Waals surface area contributed by atoms with Gasteiger partial charge in [0.25, 0.3) is 5.56 Å². The van der Waals surface area contributed by atoms with Crippen molar-refractivity contribution in [3.63, 3.8) is 0 Å². The second-order valence-electron chi connectivity index (χ2n) is 6.27. The van der Waals surface area contributed by atoms with Crippen LogP contribution >= 0.6 is 0 Å². The molecule has 0 aliphatic rings. The summed E-state index contributed by atoms with van der Waals surface area (Å²) in [5, 5.41) is 2.85. The lowest BCUT2D eigenvalue weighted by Crippen LogP contribution is -2.26. The molecule has 0 aliphatic carbocycles. The summed E-state index contributed by atoms with van der Waals surface area (Å²) in [6, 6.07) is 13.0. The zero-order valence-electron chi connectivity index (χ0n) is 14.7. The van der Waals surface area contributed by atoms with Crippen LogP contribution in [0.25, 0.3) is 16.7 Å². The number of aromatic nitrogens is 4. The molecule has 0 saturated heterocycles. The third-order valence-corrected chi connectivity index (χ3v) is 4.47. The van der Waals surface area contributed by atoms with Gasteiger partial charge in [0.15, 0.2) is 5.65 Å². The van der Waals surface area contributed by atoms with E-state index in [-0.39, 0.29) is 11.5 Å². The molecule has 0 unspecified atom stereocenters. The second-order valence-corrected chi connectivity index (χ2v) is 6.27. The lowest BCUT2D eigenvalue weighted by Gasteiger charge is -2.11. The lowest BCUT2D eigenvalue weighted by molar-refractivity contribution is -0.121. The maximum atomic E-state index is 12.8. The van der Waals surface area contributed by atoms with Crippen LogP contribution in [0, 0.1) is 0 Å². The molecule has 4 aromatic heterocycles. The molecule has 1 N–H and O–H groups in total. The second kappa shape index (κ2) is 7.41. The van der Waals surface area contributed by atoms with Crippen molar-refractivity contribution in [2.24, 2.45) is 0 Å². The number of pyridine rings is 2. The van der Waals surface area contributed by atoms with Gasteiger partial charge in [0.1, 0.15) is 5.52 Å². The third kappa shape index (κ3) is 3.44. The Kier molecular flexibility index (Phi) is 4.65. The minimum Gasteiger partial charge on any atom is -0.350 e. The number of carbonyl (C=O) groups excluding carboxylic acids is 1. The fraction of sp³-hybridized carbons (Fsp3) is 0.200. The molecule has 4 rings (SSSR count). The van der Waals surface area contributed by atoms with E-state index in [1.807, 2.05) is 47.0 Å². The highest BCUT2D eigenvalue weighted by Gasteiger charge is 2.11. The predicted octanol–water partition coefficient (Wildman–Crippen LogP) is 2.14. The minimum absolute atomic E-state index is 0.0604. The van der Waals surface area contributed by atoms with Crippen molar-refractivity contribution in [1.29, 1.82) is 0 Å². The molecule has 0 bridgehead atoms. The van der Waals surface area contributed by atoms with Gasteiger partial charge in [-0.1, -0.05) is 6.07 Å². The van der Waals surface area contributed by atoms with E-state index in [0.29, 0.717) is 37.1 Å². The Balaban J connectivity index is 1.46. The molecule has 0 radical (unpaired) electrons. The molecule has 4 aromatic rings. The summed E-state index contributed by atoms with van der Waals surface area (Å²) < 4.78 is 3.50. The molecule has 7 heteroatoms. The highest BCUT2D eigenvalue weighted by Crippen LogP contribution is 2.13. The Hall–Kier alpha value is -3.48. The molecule has 1 amide bonds. The molecule has 0 saturated carbocycles. The zero-order valence-corrected chi connectivity index (χ0v) is 14.7. The average molecular weight is 361 g/mol. The van der Waals surface area contributed by atoms with E-state index in [1.54, 1.807) is 23.0 Å². The molecule has 4 heterocycles. The molecule has 0 fully saturated rings. The standard InChI is InChI=1S/C20H19N5O2/c26-18(23-14-15-6-1-2-10-21-15)9-5-13-25-19-16(7-3-11-22-19)24-12-4-8-17(24)20(25)27/h1-4,6-8,10-12H,5,9,13-14H2,(H,23,26). The maximum Gasteiger partial charge on any atom is 0.276 e. The normalized spacial score (nSPS) is 11.1. The summed E-state index contributed by atoms with van der Waals surface area (Å²) in [6.45, 7) is 0.839. The number of fused-ring (bicyclic) bond motifs is 3. The summed E-state index contributed by atoms with van der Waals surface area (Å²) >= 11 is 0. The third-order valence-electron chi connectivity index (χ3n) is 4.47. The van der Waals surface area contributed by atoms with E-state index >= 15 is 0 Å². The van der Waals surface area contributed by atoms with Crippen molar-refractivity contribution < 1.29 is 4.79 Å². The van der Waals surface area contributed by atoms with Gasteiger partial charge in [0, 0.05) is 31.6 Å². The largest absolute Gasteiger partial charge is 0.350 e. The molecular formula is C20H19N5O2. The summed E-state index contributed by atoms with van der Waals surface area (Å²) in [6.07, 6.45) is 6.11. The first kappa shape index (κ1) is 17.0. The Bertz CT molecular complexity index is 1150. The van der Waals surface area contributed by atoms with Crippen molar-refractivity contribution in [3.05, 3.63) is 77.1 Å². The Morgan fingerprint density at radius 2 is 1.85 bits per heavy atom. The number of amides is 1. The Morgan fingerprint density at radius 3 is 2.70 bits per heavy atom. The molecule has 136 valence electrons. The summed E-state index contributed by atoms with van der Waals surface area (Å²) in [4.78, 5) is 33.4. The van der Waals surface area contributed by atoms with Crippen LogP contribution in [-0.4, -0.2) is 24.8 Å². The van der Waals surface area contributed by atoms with Gasteiger partial charge in [-0.3, -0.25) is 19.1 Å². The quantitative estimate of drug-likeness (QED) is 0.570. The van der Waals surface area contributed by atoms with Crippen molar-refractivity contribution in [1.82, 2.24) is 24.3 Å². The lowest BCUT2D eigenvalue weighted by atomic mass is 10.2. The van der Waals surface area contributed by atoms with Crippen LogP contribution in [0.5, 0.6) is 0 Å². The molecule has 0 spiro atoms. The van der Waals surface area contributed by atoms with E-state index in [1.165, 1.54) is 0 Å². The Labute approximate surface area is 155 Å². The van der Waals surface area contributed by atoms with E-state index in [9.17, 15) is 9.59 Å². The molecular weight excluding hydrogens is 342 g/mol. The monoisotopic (exact) mass is 361 g/mol. The van der Waals surface area contributed by atoms with Crippen molar-refractivity contribution in [2.75, 3.05) is 0 Å². The van der Waals surface area contributed by atoms with Crippen LogP contribution in [0.3, 0.4) is 0 Å². The average Bonchev–Trinajstić information content (AvgIpc) is 3.20. The van der Waals surface area contributed by atoms with Gasteiger partial charge in [0.2, 0.25) is 5.91 Å². The first-order valence-corrected chi connectivity index (χ1v) is 8.85. The van der Waals surface area contributed by atoms with Gasteiger partial charge in [-0.05, 0) is 42.8 Å². The zero-order chi connectivity index (χ0) is 18.6. The predicted molar refractivity (Wildman–Crippen MR) is 102 cm³/mol. The van der Waals surface area contributed by atoms with Gasteiger partial charge in [-0.15, -0.1) is 0 Å². The summed E-state index contributed by atoms with van der Waals surface area (Å²) in [5.74, 6) is -0.0604. The molecule has 0 atom stereocenters. The van der Waals surface area contributed by atoms with Gasteiger partial charge < -0.3 is 9.72 Å². The van der Waals surface area contributed by atoms with E-state index < -0.39 is 0 Å². The number of hydrogen-bond donors (Lipinski definition) is 1. The molecule has 0 aromatic carbocycles. The van der Waals surface area contributed by atoms with E-state index in [0.717, 1.165) is 11.2 Å². The first-order chi connectivity index (χ1) is 13.2. The summed E-state index contributed by atoms with van der Waals surface area (Å²) in [5.41, 5.74) is 2.82.